The van der Waals surface area contributed by atoms with E-state index in [4.69, 9.17) is 11.6 Å². The van der Waals surface area contributed by atoms with Crippen LogP contribution in [0.3, 0.4) is 0 Å². The Kier molecular flexibility index (Phi) is 5.09. The lowest BCUT2D eigenvalue weighted by molar-refractivity contribution is -0.111. The lowest BCUT2D eigenvalue weighted by Crippen LogP contribution is -2.22. The van der Waals surface area contributed by atoms with E-state index >= 15 is 0 Å². The van der Waals surface area contributed by atoms with Gasteiger partial charge in [-0.25, -0.2) is 4.68 Å². The second-order valence-electron chi connectivity index (χ2n) is 5.81. The molecule has 0 bridgehead atoms. The zero-order chi connectivity index (χ0) is 18.7. The van der Waals surface area contributed by atoms with Crippen LogP contribution in [0.15, 0.2) is 65.5 Å². The Labute approximate surface area is 156 Å². The number of aromatic nitrogens is 2. The summed E-state index contributed by atoms with van der Waals surface area (Å²) >= 11 is 5.84. The van der Waals surface area contributed by atoms with Gasteiger partial charge in [0, 0.05) is 18.1 Å². The summed E-state index contributed by atoms with van der Waals surface area (Å²) in [7, 11) is 1.78. The molecule has 6 heteroatoms. The van der Waals surface area contributed by atoms with Gasteiger partial charge in [0.05, 0.1) is 11.4 Å². The zero-order valence-electron chi connectivity index (χ0n) is 14.4. The number of rotatable bonds is 4. The van der Waals surface area contributed by atoms with Crippen molar-refractivity contribution in [1.29, 1.82) is 0 Å². The number of amides is 1. The molecule has 1 aromatic heterocycles. The van der Waals surface area contributed by atoms with Gasteiger partial charge in [0.2, 0.25) is 5.91 Å². The topological polar surface area (TPSA) is 56.0 Å². The number of hydrogen-bond donors (Lipinski definition) is 1. The number of carbonyl (C=O) groups excluding carboxylic acids is 1. The van der Waals surface area contributed by atoms with Gasteiger partial charge in [-0.3, -0.25) is 14.3 Å². The van der Waals surface area contributed by atoms with Crippen molar-refractivity contribution in [2.24, 2.45) is 7.05 Å². The van der Waals surface area contributed by atoms with Crippen LogP contribution in [0.4, 0.5) is 5.69 Å². The summed E-state index contributed by atoms with van der Waals surface area (Å²) in [5.41, 5.74) is 2.25. The van der Waals surface area contributed by atoms with Crippen molar-refractivity contribution in [2.75, 3.05) is 5.32 Å². The van der Waals surface area contributed by atoms with Crippen molar-refractivity contribution in [3.63, 3.8) is 0 Å². The van der Waals surface area contributed by atoms with E-state index in [1.54, 1.807) is 36.9 Å². The van der Waals surface area contributed by atoms with Crippen LogP contribution in [0.2, 0.25) is 5.02 Å². The standard InChI is InChI=1S/C20H18ClN3O2/c1-14-19(20(26)24(23(14)2)17-6-4-3-5-7-17)22-18(25)13-10-15-8-11-16(21)12-9-15/h3-13H,1-2H3,(H,22,25)/b13-10+. The second kappa shape index (κ2) is 7.45. The molecule has 3 rings (SSSR count). The molecule has 1 heterocycles. The molecule has 0 spiro atoms. The molecule has 0 aliphatic heterocycles. The SMILES string of the molecule is Cc1c(NC(=O)/C=C/c2ccc(Cl)cc2)c(=O)n(-c2ccccc2)n1C. The average molecular weight is 368 g/mol. The fourth-order valence-corrected chi connectivity index (χ4v) is 2.75. The third-order valence-electron chi connectivity index (χ3n) is 4.10. The Morgan fingerprint density at radius 1 is 1.08 bits per heavy atom. The van der Waals surface area contributed by atoms with Gasteiger partial charge >= 0.3 is 0 Å². The summed E-state index contributed by atoms with van der Waals surface area (Å²) in [6.07, 6.45) is 3.06. The Balaban J connectivity index is 1.85. The molecule has 0 fully saturated rings. The molecule has 0 saturated heterocycles. The molecule has 1 amide bonds. The van der Waals surface area contributed by atoms with Gasteiger partial charge < -0.3 is 5.32 Å². The van der Waals surface area contributed by atoms with E-state index in [9.17, 15) is 9.59 Å². The van der Waals surface area contributed by atoms with Crippen LogP contribution in [0.1, 0.15) is 11.3 Å². The first-order chi connectivity index (χ1) is 12.5. The molecule has 0 unspecified atom stereocenters. The summed E-state index contributed by atoms with van der Waals surface area (Å²) in [5, 5.41) is 3.32. The maximum atomic E-state index is 12.7. The van der Waals surface area contributed by atoms with Gasteiger partial charge in [-0.15, -0.1) is 0 Å². The van der Waals surface area contributed by atoms with Crippen LogP contribution in [0.5, 0.6) is 0 Å². The molecule has 0 atom stereocenters. The summed E-state index contributed by atoms with van der Waals surface area (Å²) in [4.78, 5) is 25.0. The van der Waals surface area contributed by atoms with Gasteiger partial charge in [0.25, 0.3) is 5.56 Å². The van der Waals surface area contributed by atoms with Crippen molar-refractivity contribution in [3.8, 4) is 5.69 Å². The van der Waals surface area contributed by atoms with Crippen LogP contribution >= 0.6 is 11.6 Å². The van der Waals surface area contributed by atoms with E-state index in [1.165, 1.54) is 10.8 Å². The summed E-state index contributed by atoms with van der Waals surface area (Å²) < 4.78 is 3.24. The third kappa shape index (κ3) is 3.63. The van der Waals surface area contributed by atoms with Gasteiger partial charge in [-0.1, -0.05) is 41.9 Å². The molecule has 0 aliphatic carbocycles. The average Bonchev–Trinajstić information content (AvgIpc) is 2.85. The number of halogens is 1. The Bertz CT molecular complexity index is 1020. The van der Waals surface area contributed by atoms with Gasteiger partial charge in [-0.05, 0) is 42.8 Å². The fourth-order valence-electron chi connectivity index (χ4n) is 2.62. The number of anilines is 1. The van der Waals surface area contributed by atoms with Crippen LogP contribution in [0.25, 0.3) is 11.8 Å². The van der Waals surface area contributed by atoms with Crippen molar-refractivity contribution in [3.05, 3.63) is 87.3 Å². The minimum Gasteiger partial charge on any atom is -0.316 e. The van der Waals surface area contributed by atoms with Crippen LogP contribution in [-0.4, -0.2) is 15.3 Å². The van der Waals surface area contributed by atoms with Crippen molar-refractivity contribution >= 4 is 29.3 Å². The van der Waals surface area contributed by atoms with Gasteiger partial charge in [-0.2, -0.15) is 0 Å². The van der Waals surface area contributed by atoms with Crippen molar-refractivity contribution in [2.45, 2.75) is 6.92 Å². The minimum absolute atomic E-state index is 0.266. The maximum Gasteiger partial charge on any atom is 0.295 e. The molecule has 132 valence electrons. The monoisotopic (exact) mass is 367 g/mol. The zero-order valence-corrected chi connectivity index (χ0v) is 15.2. The predicted molar refractivity (Wildman–Crippen MR) is 105 cm³/mol. The Hall–Kier alpha value is -3.05. The second-order valence-corrected chi connectivity index (χ2v) is 6.25. The van der Waals surface area contributed by atoms with Crippen LogP contribution < -0.4 is 10.9 Å². The summed E-state index contributed by atoms with van der Waals surface area (Å²) in [5.74, 6) is -0.369. The Morgan fingerprint density at radius 2 is 1.73 bits per heavy atom. The van der Waals surface area contributed by atoms with Crippen LogP contribution in [0, 0.1) is 6.92 Å². The maximum absolute atomic E-state index is 12.7. The molecule has 1 N–H and O–H groups in total. The quantitative estimate of drug-likeness (QED) is 0.713. The third-order valence-corrected chi connectivity index (χ3v) is 4.35. The van der Waals surface area contributed by atoms with Crippen LogP contribution in [-0.2, 0) is 11.8 Å². The highest BCUT2D eigenvalue weighted by atomic mass is 35.5. The number of hydrogen-bond acceptors (Lipinski definition) is 2. The highest BCUT2D eigenvalue weighted by Crippen LogP contribution is 2.14. The molecular formula is C20H18ClN3O2. The Morgan fingerprint density at radius 3 is 2.38 bits per heavy atom. The molecule has 2 aromatic carbocycles. The van der Waals surface area contributed by atoms with Gasteiger partial charge in [0.15, 0.2) is 0 Å². The highest BCUT2D eigenvalue weighted by Gasteiger charge is 2.17. The lowest BCUT2D eigenvalue weighted by Gasteiger charge is -2.07. The fraction of sp³-hybridized carbons (Fsp3) is 0.100. The molecule has 5 nitrogen and oxygen atoms in total. The highest BCUT2D eigenvalue weighted by molar-refractivity contribution is 6.30. The van der Waals surface area contributed by atoms with E-state index in [2.05, 4.69) is 5.32 Å². The first-order valence-corrected chi connectivity index (χ1v) is 8.44. The molecule has 0 aliphatic rings. The number of benzene rings is 2. The van der Waals surface area contributed by atoms with E-state index in [1.807, 2.05) is 42.5 Å². The largest absolute Gasteiger partial charge is 0.316 e. The van der Waals surface area contributed by atoms with E-state index < -0.39 is 0 Å². The predicted octanol–water partition coefficient (Wildman–Crippen LogP) is 3.79. The molecule has 26 heavy (non-hydrogen) atoms. The van der Waals surface area contributed by atoms with Crippen molar-refractivity contribution < 1.29 is 4.79 Å². The first-order valence-electron chi connectivity index (χ1n) is 8.06. The summed E-state index contributed by atoms with van der Waals surface area (Å²) in [6.45, 7) is 1.79. The lowest BCUT2D eigenvalue weighted by atomic mass is 10.2. The molecule has 0 saturated carbocycles. The normalized spacial score (nSPS) is 11.0. The van der Waals surface area contributed by atoms with Crippen molar-refractivity contribution in [1.82, 2.24) is 9.36 Å². The number of nitrogens with one attached hydrogen (secondary N) is 1. The number of carbonyl (C=O) groups is 1. The number of nitrogens with zero attached hydrogens (tertiary/aromatic N) is 2. The van der Waals surface area contributed by atoms with E-state index in [0.717, 1.165) is 11.3 Å². The first kappa shape index (κ1) is 17.8. The molecule has 0 radical (unpaired) electrons. The number of para-hydroxylation sites is 1. The molecular weight excluding hydrogens is 350 g/mol. The van der Waals surface area contributed by atoms with E-state index in [0.29, 0.717) is 10.7 Å². The molecule has 3 aromatic rings. The van der Waals surface area contributed by atoms with E-state index in [-0.39, 0.29) is 17.2 Å². The van der Waals surface area contributed by atoms with Gasteiger partial charge in [0.1, 0.15) is 5.69 Å². The minimum atomic E-state index is -0.369. The smallest absolute Gasteiger partial charge is 0.295 e. The summed E-state index contributed by atoms with van der Waals surface area (Å²) in [6, 6.07) is 16.4.